The molecule has 2 atom stereocenters. The monoisotopic (exact) mass is 454 g/mol. The van der Waals surface area contributed by atoms with E-state index in [4.69, 9.17) is 33.0 Å². The molecule has 3 rings (SSSR count). The normalized spacial score (nSPS) is 16.1. The van der Waals surface area contributed by atoms with Crippen molar-refractivity contribution in [3.05, 3.63) is 68.1 Å². The van der Waals surface area contributed by atoms with E-state index in [9.17, 15) is 8.78 Å². The highest BCUT2D eigenvalue weighted by Gasteiger charge is 2.13. The molecule has 0 bridgehead atoms. The maximum Gasteiger partial charge on any atom is 0.124 e. The Balaban J connectivity index is 0.000000210. The lowest BCUT2D eigenvalue weighted by Crippen LogP contribution is -2.04. The Labute approximate surface area is 164 Å². The summed E-state index contributed by atoms with van der Waals surface area (Å²) in [6, 6.07) is 8.27. The Morgan fingerprint density at radius 1 is 1.16 bits per heavy atom. The second kappa shape index (κ2) is 11.1. The Kier molecular flexibility index (Phi) is 9.90. The molecule has 0 unspecified atom stereocenters. The maximum atomic E-state index is 12.7. The highest BCUT2D eigenvalue weighted by Crippen LogP contribution is 2.22. The number of ether oxygens (including phenoxy) is 1. The highest BCUT2D eigenvalue weighted by atomic mass is 79.9. The Morgan fingerprint density at radius 2 is 1.64 bits per heavy atom. The van der Waals surface area contributed by atoms with Gasteiger partial charge in [-0.25, -0.2) is 8.78 Å². The fourth-order valence-corrected chi connectivity index (χ4v) is 2.25. The van der Waals surface area contributed by atoms with Crippen LogP contribution in [0.1, 0.15) is 19.4 Å². The van der Waals surface area contributed by atoms with Crippen LogP contribution in [0.2, 0.25) is 10.0 Å². The Hall–Kier alpha value is -0.720. The van der Waals surface area contributed by atoms with Gasteiger partial charge in [-0.05, 0) is 78.2 Å². The van der Waals surface area contributed by atoms with Crippen LogP contribution in [0.4, 0.5) is 8.78 Å². The zero-order valence-electron chi connectivity index (χ0n) is 13.8. The van der Waals surface area contributed by atoms with E-state index in [2.05, 4.69) is 22.9 Å². The van der Waals surface area contributed by atoms with Crippen LogP contribution in [0.25, 0.3) is 0 Å². The molecule has 25 heavy (non-hydrogen) atoms. The third-order valence-corrected chi connectivity index (χ3v) is 4.49. The molecule has 7 heteroatoms. The molecule has 0 spiro atoms. The summed E-state index contributed by atoms with van der Waals surface area (Å²) in [6.45, 7) is 4.68. The second-order valence-electron chi connectivity index (χ2n) is 5.49. The van der Waals surface area contributed by atoms with Gasteiger partial charge < -0.3 is 9.84 Å². The third-order valence-electron chi connectivity index (χ3n) is 2.90. The van der Waals surface area contributed by atoms with Crippen LogP contribution >= 0.6 is 39.1 Å². The summed E-state index contributed by atoms with van der Waals surface area (Å²) in [5.74, 6) is -0.610. The molecule has 1 N–H and O–H groups in total. The van der Waals surface area contributed by atoms with Gasteiger partial charge in [0.2, 0.25) is 0 Å². The van der Waals surface area contributed by atoms with E-state index >= 15 is 0 Å². The molecular formula is C18H19BrCl2F2O2. The minimum Gasteiger partial charge on any atom is -0.393 e. The lowest BCUT2D eigenvalue weighted by molar-refractivity contribution is 0.195. The molecule has 1 saturated heterocycles. The molecule has 1 aliphatic heterocycles. The van der Waals surface area contributed by atoms with Gasteiger partial charge in [0.25, 0.3) is 0 Å². The van der Waals surface area contributed by atoms with Gasteiger partial charge in [0, 0.05) is 9.50 Å². The maximum absolute atomic E-state index is 12.7. The molecule has 0 amide bonds. The number of halogens is 5. The largest absolute Gasteiger partial charge is 0.393 e. The van der Waals surface area contributed by atoms with Crippen molar-refractivity contribution in [3.63, 3.8) is 0 Å². The quantitative estimate of drug-likeness (QED) is 0.441. The van der Waals surface area contributed by atoms with Crippen molar-refractivity contribution in [2.24, 2.45) is 0 Å². The molecule has 0 radical (unpaired) electrons. The molecule has 2 aromatic carbocycles. The number of benzene rings is 2. The molecule has 0 aromatic heterocycles. The van der Waals surface area contributed by atoms with Crippen LogP contribution < -0.4 is 0 Å². The zero-order chi connectivity index (χ0) is 19.0. The SMILES string of the molecule is C[C@@H](O)Cc1cc(F)ccc1Cl.C[C@@H]1CO1.Fc1ccc(Cl)c(Br)c1. The first kappa shape index (κ1) is 22.3. The van der Waals surface area contributed by atoms with E-state index in [0.29, 0.717) is 32.6 Å². The summed E-state index contributed by atoms with van der Waals surface area (Å²) in [7, 11) is 0. The summed E-state index contributed by atoms with van der Waals surface area (Å²) in [4.78, 5) is 0. The van der Waals surface area contributed by atoms with Crippen molar-refractivity contribution in [2.45, 2.75) is 32.5 Å². The fraction of sp³-hybridized carbons (Fsp3) is 0.333. The summed E-state index contributed by atoms with van der Waals surface area (Å²) < 4.78 is 30.2. The summed E-state index contributed by atoms with van der Waals surface area (Å²) in [5, 5.41) is 10.1. The minimum absolute atomic E-state index is 0.286. The zero-order valence-corrected chi connectivity index (χ0v) is 16.9. The van der Waals surface area contributed by atoms with Crippen molar-refractivity contribution in [1.29, 1.82) is 0 Å². The van der Waals surface area contributed by atoms with Gasteiger partial charge in [-0.1, -0.05) is 23.2 Å². The second-order valence-corrected chi connectivity index (χ2v) is 7.16. The van der Waals surface area contributed by atoms with E-state index in [1.807, 2.05) is 0 Å². The highest BCUT2D eigenvalue weighted by molar-refractivity contribution is 9.10. The molecule has 138 valence electrons. The number of aliphatic hydroxyl groups is 1. The van der Waals surface area contributed by atoms with Crippen molar-refractivity contribution < 1.29 is 18.6 Å². The fourth-order valence-electron chi connectivity index (χ4n) is 1.58. The number of rotatable bonds is 2. The van der Waals surface area contributed by atoms with Crippen LogP contribution in [0.5, 0.6) is 0 Å². The summed E-state index contributed by atoms with van der Waals surface area (Å²) >= 11 is 14.4. The van der Waals surface area contributed by atoms with Crippen LogP contribution in [0.15, 0.2) is 40.9 Å². The van der Waals surface area contributed by atoms with Gasteiger partial charge in [0.15, 0.2) is 0 Å². The topological polar surface area (TPSA) is 32.8 Å². The molecular weight excluding hydrogens is 437 g/mol. The van der Waals surface area contributed by atoms with Gasteiger partial charge >= 0.3 is 0 Å². The van der Waals surface area contributed by atoms with Crippen LogP contribution in [-0.4, -0.2) is 23.9 Å². The van der Waals surface area contributed by atoms with E-state index in [0.717, 1.165) is 6.61 Å². The predicted octanol–water partition coefficient (Wildman–Crippen LogP) is 6.05. The number of hydrogen-bond donors (Lipinski definition) is 1. The van der Waals surface area contributed by atoms with Crippen LogP contribution in [0.3, 0.4) is 0 Å². The molecule has 0 saturated carbocycles. The Bertz CT molecular complexity index is 680. The minimum atomic E-state index is -0.496. The van der Waals surface area contributed by atoms with E-state index in [1.165, 1.54) is 36.4 Å². The Morgan fingerprint density at radius 3 is 2.04 bits per heavy atom. The van der Waals surface area contributed by atoms with Gasteiger partial charge in [0.1, 0.15) is 11.6 Å². The lowest BCUT2D eigenvalue weighted by atomic mass is 10.1. The molecule has 2 nitrogen and oxygen atoms in total. The number of epoxide rings is 1. The van der Waals surface area contributed by atoms with E-state index < -0.39 is 6.10 Å². The molecule has 1 aliphatic rings. The van der Waals surface area contributed by atoms with Gasteiger partial charge in [-0.2, -0.15) is 0 Å². The van der Waals surface area contributed by atoms with E-state index in [1.54, 1.807) is 6.92 Å². The standard InChI is InChI=1S/C9H10ClFO.C6H3BrClF.C3H6O/c1-6(12)4-7-5-8(11)2-3-9(7)10;7-5-3-4(9)1-2-6(5)8;1-3-2-4-3/h2-3,5-6,12H,4H2,1H3;1-3H;3H,2H2,1H3/t6-;;3-/m1.1/s1. The molecule has 1 heterocycles. The van der Waals surface area contributed by atoms with Crippen molar-refractivity contribution in [1.82, 2.24) is 0 Å². The number of aliphatic hydroxyl groups excluding tert-OH is 1. The first-order chi connectivity index (χ1) is 11.7. The smallest absolute Gasteiger partial charge is 0.124 e. The first-order valence-corrected chi connectivity index (χ1v) is 9.08. The van der Waals surface area contributed by atoms with Crippen molar-refractivity contribution in [3.8, 4) is 0 Å². The number of hydrogen-bond acceptors (Lipinski definition) is 2. The predicted molar refractivity (Wildman–Crippen MR) is 101 cm³/mol. The molecule has 1 fully saturated rings. The van der Waals surface area contributed by atoms with Gasteiger partial charge in [0.05, 0.1) is 23.8 Å². The summed E-state index contributed by atoms with van der Waals surface area (Å²) in [6.07, 6.45) is 0.473. The summed E-state index contributed by atoms with van der Waals surface area (Å²) in [5.41, 5.74) is 0.645. The molecule has 2 aromatic rings. The average molecular weight is 456 g/mol. The average Bonchev–Trinajstić information content (AvgIpc) is 3.30. The van der Waals surface area contributed by atoms with Crippen molar-refractivity contribution >= 4 is 39.1 Å². The van der Waals surface area contributed by atoms with Crippen LogP contribution in [-0.2, 0) is 11.2 Å². The van der Waals surface area contributed by atoms with Gasteiger partial charge in [-0.3, -0.25) is 0 Å². The van der Waals surface area contributed by atoms with Crippen LogP contribution in [0, 0.1) is 11.6 Å². The third kappa shape index (κ3) is 10.1. The molecule has 0 aliphatic carbocycles. The van der Waals surface area contributed by atoms with Gasteiger partial charge in [-0.15, -0.1) is 0 Å². The van der Waals surface area contributed by atoms with E-state index in [-0.39, 0.29) is 11.6 Å². The first-order valence-electron chi connectivity index (χ1n) is 7.53. The van der Waals surface area contributed by atoms with Crippen molar-refractivity contribution in [2.75, 3.05) is 6.61 Å². The lowest BCUT2D eigenvalue weighted by Gasteiger charge is -2.05.